The topological polar surface area (TPSA) is 64.4 Å². The van der Waals surface area contributed by atoms with E-state index in [1.54, 1.807) is 43.5 Å². The summed E-state index contributed by atoms with van der Waals surface area (Å²) in [5.41, 5.74) is 1.59. The Morgan fingerprint density at radius 1 is 1.29 bits per heavy atom. The van der Waals surface area contributed by atoms with Crippen molar-refractivity contribution < 1.29 is 9.66 Å². The number of benzene rings is 2. The van der Waals surface area contributed by atoms with E-state index in [2.05, 4.69) is 5.32 Å². The van der Waals surface area contributed by atoms with E-state index < -0.39 is 0 Å². The summed E-state index contributed by atoms with van der Waals surface area (Å²) in [6.45, 7) is 0.543. The summed E-state index contributed by atoms with van der Waals surface area (Å²) in [7, 11) is 1.58. The van der Waals surface area contributed by atoms with Crippen LogP contribution < -0.4 is 10.1 Å². The molecule has 0 saturated carbocycles. The molecule has 0 aliphatic heterocycles. The van der Waals surface area contributed by atoms with Gasteiger partial charge in [-0.3, -0.25) is 10.1 Å². The minimum Gasteiger partial charge on any atom is -0.495 e. The number of nitrogens with one attached hydrogen (secondary N) is 1. The standard InChI is InChI=1S/C15H15ClN2O3/c1-21-15-7-6-12(16)10-13(15)17-9-8-11-4-2-3-5-14(11)18(19)20/h2-7,10,17H,8-9H2,1H3. The number of ether oxygens (including phenoxy) is 1. The van der Waals surface area contributed by atoms with Crippen LogP contribution in [0, 0.1) is 10.1 Å². The van der Waals surface area contributed by atoms with Gasteiger partial charge in [0.2, 0.25) is 0 Å². The van der Waals surface area contributed by atoms with Gasteiger partial charge in [0.1, 0.15) is 5.75 Å². The van der Waals surface area contributed by atoms with E-state index in [0.717, 1.165) is 5.69 Å². The first kappa shape index (κ1) is 15.1. The average Bonchev–Trinajstić information content (AvgIpc) is 2.48. The predicted octanol–water partition coefficient (Wildman–Crippen LogP) is 3.91. The lowest BCUT2D eigenvalue weighted by atomic mass is 10.1. The van der Waals surface area contributed by atoms with E-state index >= 15 is 0 Å². The number of anilines is 1. The van der Waals surface area contributed by atoms with E-state index in [1.807, 2.05) is 0 Å². The molecule has 0 aliphatic rings. The van der Waals surface area contributed by atoms with Crippen molar-refractivity contribution >= 4 is 23.0 Å². The van der Waals surface area contributed by atoms with Crippen molar-refractivity contribution in [3.63, 3.8) is 0 Å². The molecule has 0 heterocycles. The Morgan fingerprint density at radius 2 is 2.05 bits per heavy atom. The highest BCUT2D eigenvalue weighted by Crippen LogP contribution is 2.27. The first-order valence-electron chi connectivity index (χ1n) is 6.41. The van der Waals surface area contributed by atoms with Gasteiger partial charge in [-0.25, -0.2) is 0 Å². The van der Waals surface area contributed by atoms with Gasteiger partial charge in [-0.15, -0.1) is 0 Å². The van der Waals surface area contributed by atoms with Gasteiger partial charge in [0.15, 0.2) is 0 Å². The SMILES string of the molecule is COc1ccc(Cl)cc1NCCc1ccccc1[N+](=O)[O-]. The van der Waals surface area contributed by atoms with Gasteiger partial charge in [0, 0.05) is 23.2 Å². The van der Waals surface area contributed by atoms with E-state index in [-0.39, 0.29) is 10.6 Å². The molecule has 0 fully saturated rings. The van der Waals surface area contributed by atoms with Crippen LogP contribution in [0.5, 0.6) is 5.75 Å². The Balaban J connectivity index is 2.05. The zero-order chi connectivity index (χ0) is 15.2. The van der Waals surface area contributed by atoms with Crippen molar-refractivity contribution in [1.82, 2.24) is 0 Å². The van der Waals surface area contributed by atoms with Gasteiger partial charge in [0.05, 0.1) is 17.7 Å². The van der Waals surface area contributed by atoms with Crippen LogP contribution >= 0.6 is 11.6 Å². The fourth-order valence-corrected chi connectivity index (χ4v) is 2.22. The van der Waals surface area contributed by atoms with Crippen LogP contribution in [0.1, 0.15) is 5.56 Å². The summed E-state index contributed by atoms with van der Waals surface area (Å²) in [5, 5.41) is 14.7. The maximum Gasteiger partial charge on any atom is 0.272 e. The van der Waals surface area contributed by atoms with Crippen molar-refractivity contribution in [1.29, 1.82) is 0 Å². The van der Waals surface area contributed by atoms with Gasteiger partial charge in [-0.05, 0) is 24.6 Å². The summed E-state index contributed by atoms with van der Waals surface area (Å²) in [4.78, 5) is 10.6. The number of para-hydroxylation sites is 1. The quantitative estimate of drug-likeness (QED) is 0.649. The van der Waals surface area contributed by atoms with Crippen LogP contribution in [0.25, 0.3) is 0 Å². The zero-order valence-electron chi connectivity index (χ0n) is 11.5. The monoisotopic (exact) mass is 306 g/mol. The van der Waals surface area contributed by atoms with Crippen molar-refractivity contribution in [3.05, 3.63) is 63.2 Å². The van der Waals surface area contributed by atoms with Crippen LogP contribution in [0.15, 0.2) is 42.5 Å². The molecule has 0 aromatic heterocycles. The second kappa shape index (κ2) is 6.95. The lowest BCUT2D eigenvalue weighted by molar-refractivity contribution is -0.385. The molecule has 0 bridgehead atoms. The predicted molar refractivity (Wildman–Crippen MR) is 83.3 cm³/mol. The fourth-order valence-electron chi connectivity index (χ4n) is 2.05. The zero-order valence-corrected chi connectivity index (χ0v) is 12.3. The fraction of sp³-hybridized carbons (Fsp3) is 0.200. The molecule has 6 heteroatoms. The van der Waals surface area contributed by atoms with Crippen molar-refractivity contribution in [2.45, 2.75) is 6.42 Å². The van der Waals surface area contributed by atoms with Crippen LogP contribution in [-0.2, 0) is 6.42 Å². The van der Waals surface area contributed by atoms with Crippen LogP contribution in [0.4, 0.5) is 11.4 Å². The first-order valence-corrected chi connectivity index (χ1v) is 6.79. The molecule has 0 spiro atoms. The van der Waals surface area contributed by atoms with E-state index in [1.165, 1.54) is 6.07 Å². The third-order valence-electron chi connectivity index (χ3n) is 3.06. The summed E-state index contributed by atoms with van der Waals surface area (Å²) in [5.74, 6) is 0.682. The first-order chi connectivity index (χ1) is 10.1. The molecule has 0 aliphatic carbocycles. The molecule has 2 rings (SSSR count). The average molecular weight is 307 g/mol. The minimum absolute atomic E-state index is 0.136. The largest absolute Gasteiger partial charge is 0.495 e. The molecule has 0 amide bonds. The summed E-state index contributed by atoms with van der Waals surface area (Å²) in [6.07, 6.45) is 0.535. The van der Waals surface area contributed by atoms with E-state index in [9.17, 15) is 10.1 Å². The van der Waals surface area contributed by atoms with Crippen molar-refractivity contribution in [3.8, 4) is 5.75 Å². The summed E-state index contributed by atoms with van der Waals surface area (Å²) < 4.78 is 5.24. The lowest BCUT2D eigenvalue weighted by Gasteiger charge is -2.11. The van der Waals surface area contributed by atoms with Gasteiger partial charge in [-0.1, -0.05) is 29.8 Å². The number of nitrogens with zero attached hydrogens (tertiary/aromatic N) is 1. The normalized spacial score (nSPS) is 10.2. The van der Waals surface area contributed by atoms with Gasteiger partial charge >= 0.3 is 0 Å². The van der Waals surface area contributed by atoms with Gasteiger partial charge < -0.3 is 10.1 Å². The van der Waals surface area contributed by atoms with E-state index in [4.69, 9.17) is 16.3 Å². The third kappa shape index (κ3) is 3.86. The highest BCUT2D eigenvalue weighted by molar-refractivity contribution is 6.30. The Labute approximate surface area is 127 Å². The van der Waals surface area contributed by atoms with Gasteiger partial charge in [0.25, 0.3) is 5.69 Å². The maximum atomic E-state index is 10.9. The molecule has 2 aromatic carbocycles. The number of methoxy groups -OCH3 is 1. The third-order valence-corrected chi connectivity index (χ3v) is 3.29. The molecule has 0 atom stereocenters. The number of halogens is 1. The minimum atomic E-state index is -0.366. The molecule has 110 valence electrons. The molecule has 0 unspecified atom stereocenters. The molecule has 1 N–H and O–H groups in total. The van der Waals surface area contributed by atoms with Crippen LogP contribution in [0.2, 0.25) is 5.02 Å². The lowest BCUT2D eigenvalue weighted by Crippen LogP contribution is -2.07. The number of hydrogen-bond donors (Lipinski definition) is 1. The Hall–Kier alpha value is -2.27. The highest BCUT2D eigenvalue weighted by Gasteiger charge is 2.12. The Morgan fingerprint density at radius 3 is 2.76 bits per heavy atom. The number of nitro benzene ring substituents is 1. The Kier molecular flexibility index (Phi) is 5.00. The molecule has 21 heavy (non-hydrogen) atoms. The molecular formula is C15H15ClN2O3. The number of hydrogen-bond acceptors (Lipinski definition) is 4. The molecule has 5 nitrogen and oxygen atoms in total. The van der Waals surface area contributed by atoms with Crippen molar-refractivity contribution in [2.75, 3.05) is 19.0 Å². The van der Waals surface area contributed by atoms with Crippen LogP contribution in [-0.4, -0.2) is 18.6 Å². The highest BCUT2D eigenvalue weighted by atomic mass is 35.5. The molecule has 2 aromatic rings. The second-order valence-electron chi connectivity index (χ2n) is 4.41. The van der Waals surface area contributed by atoms with Crippen LogP contribution in [0.3, 0.4) is 0 Å². The number of rotatable bonds is 6. The maximum absolute atomic E-state index is 10.9. The molecular weight excluding hydrogens is 292 g/mol. The number of nitro groups is 1. The molecule has 0 radical (unpaired) electrons. The van der Waals surface area contributed by atoms with E-state index in [0.29, 0.717) is 29.3 Å². The summed E-state index contributed by atoms with van der Waals surface area (Å²) >= 11 is 5.95. The smallest absolute Gasteiger partial charge is 0.272 e. The summed E-state index contributed by atoms with van der Waals surface area (Å²) in [6, 6.07) is 12.0. The van der Waals surface area contributed by atoms with Crippen molar-refractivity contribution in [2.24, 2.45) is 0 Å². The Bertz CT molecular complexity index is 647. The van der Waals surface area contributed by atoms with Gasteiger partial charge in [-0.2, -0.15) is 0 Å². The second-order valence-corrected chi connectivity index (χ2v) is 4.84. The molecule has 0 saturated heterocycles.